The monoisotopic (exact) mass is 267 g/mol. The van der Waals surface area contributed by atoms with E-state index in [1.165, 1.54) is 16.6 Å². The first kappa shape index (κ1) is 10.7. The number of halogens is 1. The van der Waals surface area contributed by atoms with Gasteiger partial charge >= 0.3 is 0 Å². The molecule has 1 heterocycles. The maximum absolute atomic E-state index is 5.43. The second kappa shape index (κ2) is 4.37. The van der Waals surface area contributed by atoms with E-state index in [1.807, 2.05) is 6.92 Å². The summed E-state index contributed by atoms with van der Waals surface area (Å²) in [7, 11) is 2.07. The average Bonchev–Trinajstić information content (AvgIpc) is 2.53. The van der Waals surface area contributed by atoms with E-state index in [1.54, 1.807) is 0 Å². The van der Waals surface area contributed by atoms with Crippen molar-refractivity contribution in [3.63, 3.8) is 0 Å². The fraction of sp³-hybridized carbons (Fsp3) is 0.333. The molecule has 1 aromatic carbocycles. The highest BCUT2D eigenvalue weighted by Crippen LogP contribution is 2.23. The van der Waals surface area contributed by atoms with Crippen molar-refractivity contribution in [3.05, 3.63) is 34.4 Å². The van der Waals surface area contributed by atoms with Crippen molar-refractivity contribution in [3.8, 4) is 0 Å². The Labute approximate surface area is 98.0 Å². The van der Waals surface area contributed by atoms with Crippen molar-refractivity contribution in [1.29, 1.82) is 0 Å². The van der Waals surface area contributed by atoms with Gasteiger partial charge in [-0.3, -0.25) is 0 Å². The highest BCUT2D eigenvalue weighted by atomic mass is 79.9. The van der Waals surface area contributed by atoms with Crippen molar-refractivity contribution in [2.75, 3.05) is 6.61 Å². The van der Waals surface area contributed by atoms with E-state index >= 15 is 0 Å². The summed E-state index contributed by atoms with van der Waals surface area (Å²) in [6.07, 6.45) is 0. The van der Waals surface area contributed by atoms with Gasteiger partial charge in [-0.25, -0.2) is 0 Å². The first-order valence-corrected chi connectivity index (χ1v) is 5.83. The lowest BCUT2D eigenvalue weighted by atomic mass is 10.2. The molecule has 0 unspecified atom stereocenters. The molecule has 0 atom stereocenters. The first-order chi connectivity index (χ1) is 7.22. The lowest BCUT2D eigenvalue weighted by Crippen LogP contribution is -1.99. The highest BCUT2D eigenvalue weighted by Gasteiger charge is 2.05. The summed E-state index contributed by atoms with van der Waals surface area (Å²) in [6, 6.07) is 8.49. The van der Waals surface area contributed by atoms with Crippen LogP contribution in [0.4, 0.5) is 0 Å². The topological polar surface area (TPSA) is 14.2 Å². The first-order valence-electron chi connectivity index (χ1n) is 5.04. The van der Waals surface area contributed by atoms with Gasteiger partial charge < -0.3 is 9.30 Å². The number of nitrogens with zero attached hydrogens (tertiary/aromatic N) is 1. The molecule has 2 rings (SSSR count). The molecule has 3 heteroatoms. The smallest absolute Gasteiger partial charge is 0.0867 e. The largest absolute Gasteiger partial charge is 0.376 e. The summed E-state index contributed by atoms with van der Waals surface area (Å²) in [5.74, 6) is 0. The van der Waals surface area contributed by atoms with Gasteiger partial charge in [-0.05, 0) is 25.1 Å². The fourth-order valence-electron chi connectivity index (χ4n) is 1.71. The summed E-state index contributed by atoms with van der Waals surface area (Å²) >= 11 is 3.48. The third kappa shape index (κ3) is 2.08. The molecule has 0 saturated heterocycles. The van der Waals surface area contributed by atoms with Gasteiger partial charge in [0.15, 0.2) is 0 Å². The number of hydrogen-bond donors (Lipinski definition) is 0. The van der Waals surface area contributed by atoms with Crippen LogP contribution in [0.25, 0.3) is 10.9 Å². The van der Waals surface area contributed by atoms with Crippen molar-refractivity contribution in [1.82, 2.24) is 4.57 Å². The number of aryl methyl sites for hydroxylation is 1. The normalized spacial score (nSPS) is 11.1. The molecule has 0 aliphatic carbocycles. The molecule has 15 heavy (non-hydrogen) atoms. The van der Waals surface area contributed by atoms with Crippen LogP contribution in [0.15, 0.2) is 28.7 Å². The van der Waals surface area contributed by atoms with Crippen molar-refractivity contribution >= 4 is 26.8 Å². The van der Waals surface area contributed by atoms with Crippen LogP contribution in [0, 0.1) is 0 Å². The zero-order valence-electron chi connectivity index (χ0n) is 8.96. The van der Waals surface area contributed by atoms with E-state index in [4.69, 9.17) is 4.74 Å². The Bertz CT molecular complexity index is 476. The van der Waals surface area contributed by atoms with Gasteiger partial charge in [-0.2, -0.15) is 0 Å². The van der Waals surface area contributed by atoms with Crippen molar-refractivity contribution in [2.45, 2.75) is 13.5 Å². The van der Waals surface area contributed by atoms with Gasteiger partial charge in [0, 0.05) is 34.7 Å². The molecule has 0 aliphatic heterocycles. The molecule has 0 fully saturated rings. The molecular formula is C12H14BrNO. The number of hydrogen-bond acceptors (Lipinski definition) is 1. The second-order valence-corrected chi connectivity index (χ2v) is 4.45. The second-order valence-electron chi connectivity index (χ2n) is 3.53. The molecule has 0 amide bonds. The molecule has 0 aliphatic rings. The minimum absolute atomic E-state index is 0.680. The van der Waals surface area contributed by atoms with E-state index in [2.05, 4.69) is 51.8 Å². The number of fused-ring (bicyclic) bond motifs is 1. The molecule has 0 N–H and O–H groups in total. The molecule has 0 spiro atoms. The third-order valence-electron chi connectivity index (χ3n) is 2.56. The van der Waals surface area contributed by atoms with Crippen LogP contribution in [0.2, 0.25) is 0 Å². The molecule has 0 saturated carbocycles. The van der Waals surface area contributed by atoms with Crippen LogP contribution in [-0.4, -0.2) is 11.2 Å². The molecular weight excluding hydrogens is 254 g/mol. The van der Waals surface area contributed by atoms with Crippen molar-refractivity contribution < 1.29 is 4.74 Å². The van der Waals surface area contributed by atoms with Gasteiger partial charge in [0.1, 0.15) is 0 Å². The Morgan fingerprint density at radius 3 is 2.87 bits per heavy atom. The molecule has 0 radical (unpaired) electrons. The van der Waals surface area contributed by atoms with Gasteiger partial charge in [0.05, 0.1) is 6.61 Å². The Kier molecular flexibility index (Phi) is 3.12. The molecule has 2 nitrogen and oxygen atoms in total. The Morgan fingerprint density at radius 1 is 1.33 bits per heavy atom. The number of ether oxygens (including phenoxy) is 1. The summed E-state index contributed by atoms with van der Waals surface area (Å²) in [6.45, 7) is 3.45. The Balaban J connectivity index is 2.45. The molecule has 1 aromatic heterocycles. The summed E-state index contributed by atoms with van der Waals surface area (Å²) < 4.78 is 8.71. The average molecular weight is 268 g/mol. The number of rotatable bonds is 3. The highest BCUT2D eigenvalue weighted by molar-refractivity contribution is 9.10. The maximum Gasteiger partial charge on any atom is 0.0867 e. The van der Waals surface area contributed by atoms with Crippen LogP contribution in [0.5, 0.6) is 0 Å². The maximum atomic E-state index is 5.43. The lowest BCUT2D eigenvalue weighted by molar-refractivity contribution is 0.129. The molecule has 0 bridgehead atoms. The lowest BCUT2D eigenvalue weighted by Gasteiger charge is -2.03. The van der Waals surface area contributed by atoms with Crippen molar-refractivity contribution in [2.24, 2.45) is 7.05 Å². The standard InChI is InChI=1S/C12H14BrNO/c1-3-15-8-11-6-9-4-5-10(13)7-12(9)14(11)2/h4-7H,3,8H2,1-2H3. The van der Waals surface area contributed by atoms with Crippen LogP contribution < -0.4 is 0 Å². The third-order valence-corrected chi connectivity index (χ3v) is 3.05. The van der Waals surface area contributed by atoms with E-state index in [0.717, 1.165) is 11.1 Å². The number of aromatic nitrogens is 1. The summed E-state index contributed by atoms with van der Waals surface area (Å²) in [4.78, 5) is 0. The molecule has 2 aromatic rings. The van der Waals surface area contributed by atoms with Crippen LogP contribution in [0.3, 0.4) is 0 Å². The van der Waals surface area contributed by atoms with Gasteiger partial charge in [-0.15, -0.1) is 0 Å². The summed E-state index contributed by atoms with van der Waals surface area (Å²) in [5.41, 5.74) is 2.45. The Hall–Kier alpha value is -0.800. The molecule has 80 valence electrons. The van der Waals surface area contributed by atoms with E-state index in [0.29, 0.717) is 6.61 Å². The minimum Gasteiger partial charge on any atom is -0.376 e. The Morgan fingerprint density at radius 2 is 2.13 bits per heavy atom. The minimum atomic E-state index is 0.680. The van der Waals surface area contributed by atoms with Crippen LogP contribution in [-0.2, 0) is 18.4 Å². The number of benzene rings is 1. The predicted octanol–water partition coefficient (Wildman–Crippen LogP) is 3.48. The van der Waals surface area contributed by atoms with E-state index < -0.39 is 0 Å². The van der Waals surface area contributed by atoms with E-state index in [-0.39, 0.29) is 0 Å². The SMILES string of the molecule is CCOCc1cc2ccc(Br)cc2n1C. The predicted molar refractivity (Wildman–Crippen MR) is 65.9 cm³/mol. The van der Waals surface area contributed by atoms with Gasteiger partial charge in [0.2, 0.25) is 0 Å². The van der Waals surface area contributed by atoms with E-state index in [9.17, 15) is 0 Å². The van der Waals surface area contributed by atoms with Crippen LogP contribution >= 0.6 is 15.9 Å². The quantitative estimate of drug-likeness (QED) is 0.831. The fourth-order valence-corrected chi connectivity index (χ4v) is 2.05. The van der Waals surface area contributed by atoms with Crippen LogP contribution in [0.1, 0.15) is 12.6 Å². The van der Waals surface area contributed by atoms with Gasteiger partial charge in [-0.1, -0.05) is 22.0 Å². The zero-order chi connectivity index (χ0) is 10.8. The van der Waals surface area contributed by atoms with Gasteiger partial charge in [0.25, 0.3) is 0 Å². The zero-order valence-corrected chi connectivity index (χ0v) is 10.5. The summed E-state index contributed by atoms with van der Waals surface area (Å²) in [5, 5.41) is 1.26.